The molecular weight excluding hydrogens is 480 g/mol. The molecule has 1 heterocycles. The van der Waals surface area contributed by atoms with E-state index in [1.807, 2.05) is 38.1 Å². The van der Waals surface area contributed by atoms with Crippen LogP contribution in [0.1, 0.15) is 60.9 Å². The first kappa shape index (κ1) is 26.2. The molecule has 1 saturated carbocycles. The maximum atomic E-state index is 11.8. The van der Waals surface area contributed by atoms with Crippen LogP contribution in [0.4, 0.5) is 0 Å². The molecule has 7 nitrogen and oxygen atoms in total. The lowest BCUT2D eigenvalue weighted by atomic mass is 9.78. The third-order valence-electron chi connectivity index (χ3n) is 7.43. The Labute approximate surface area is 217 Å². The second-order valence-corrected chi connectivity index (χ2v) is 10.3. The largest absolute Gasteiger partial charge is 0.491 e. The summed E-state index contributed by atoms with van der Waals surface area (Å²) in [5.74, 6) is -0.566. The topological polar surface area (TPSA) is 87.2 Å². The van der Waals surface area contributed by atoms with E-state index in [0.717, 1.165) is 33.0 Å². The molecule has 0 unspecified atom stereocenters. The number of benzene rings is 2. The molecule has 192 valence electrons. The van der Waals surface area contributed by atoms with E-state index in [4.69, 9.17) is 16.3 Å². The highest BCUT2D eigenvalue weighted by Crippen LogP contribution is 2.38. The summed E-state index contributed by atoms with van der Waals surface area (Å²) in [5, 5.41) is 10.1. The van der Waals surface area contributed by atoms with Crippen molar-refractivity contribution in [3.8, 4) is 5.75 Å². The number of nitrogens with zero attached hydrogens (tertiary/aromatic N) is 2. The minimum atomic E-state index is -0.726. The highest BCUT2D eigenvalue weighted by Gasteiger charge is 2.39. The first-order valence-corrected chi connectivity index (χ1v) is 12.8. The zero-order chi connectivity index (χ0) is 26.0. The third-order valence-corrected chi connectivity index (χ3v) is 7.85. The number of carboxylic acids is 1. The zero-order valence-electron chi connectivity index (χ0n) is 21.0. The van der Waals surface area contributed by atoms with Crippen LogP contribution in [0.5, 0.6) is 5.75 Å². The Hall–Kier alpha value is -2.90. The van der Waals surface area contributed by atoms with Crippen molar-refractivity contribution in [2.24, 2.45) is 5.92 Å². The minimum absolute atomic E-state index is 0.0903. The van der Waals surface area contributed by atoms with E-state index in [9.17, 15) is 19.5 Å². The predicted octanol–water partition coefficient (Wildman–Crippen LogP) is 4.91. The number of halogens is 1. The molecule has 1 atom stereocenters. The summed E-state index contributed by atoms with van der Waals surface area (Å²) in [5.41, 5.74) is 4.26. The number of aliphatic carboxylic acids is 1. The Morgan fingerprint density at radius 2 is 1.81 bits per heavy atom. The molecule has 2 aromatic rings. The molecule has 2 fully saturated rings. The molecule has 2 aromatic carbocycles. The Balaban J connectivity index is 1.45. The monoisotopic (exact) mass is 512 g/mol. The van der Waals surface area contributed by atoms with Gasteiger partial charge in [-0.15, -0.1) is 0 Å². The number of carboxylic acid groups (broad SMARTS) is 1. The minimum Gasteiger partial charge on any atom is -0.491 e. The summed E-state index contributed by atoms with van der Waals surface area (Å²) < 4.78 is 5.88. The van der Waals surface area contributed by atoms with Crippen LogP contribution in [0, 0.1) is 19.8 Å². The maximum Gasteiger partial charge on any atom is 0.306 e. The second-order valence-electron chi connectivity index (χ2n) is 9.90. The molecule has 4 rings (SSSR count). The van der Waals surface area contributed by atoms with E-state index in [0.29, 0.717) is 19.4 Å². The Morgan fingerprint density at radius 1 is 1.11 bits per heavy atom. The summed E-state index contributed by atoms with van der Waals surface area (Å²) in [6, 6.07) is 12.4. The molecule has 0 spiro atoms. The normalized spacial score (nSPS) is 20.5. The summed E-state index contributed by atoms with van der Waals surface area (Å²) >= 11 is 6.24. The number of hydrogen-bond donors (Lipinski definition) is 1. The number of likely N-dealkylation sites (tertiary alicyclic amines) is 1. The van der Waals surface area contributed by atoms with Gasteiger partial charge in [-0.1, -0.05) is 35.9 Å². The van der Waals surface area contributed by atoms with Gasteiger partial charge in [0.2, 0.25) is 11.8 Å². The third kappa shape index (κ3) is 5.73. The van der Waals surface area contributed by atoms with Crippen molar-refractivity contribution < 1.29 is 24.2 Å². The van der Waals surface area contributed by atoms with Crippen LogP contribution in [-0.2, 0) is 20.9 Å². The fraction of sp³-hybridized carbons (Fsp3) is 0.464. The fourth-order valence-corrected chi connectivity index (χ4v) is 5.18. The molecule has 0 aromatic heterocycles. The number of imide groups is 1. The van der Waals surface area contributed by atoms with E-state index in [1.54, 1.807) is 0 Å². The van der Waals surface area contributed by atoms with E-state index < -0.39 is 5.97 Å². The SMILES string of the molecule is Cc1cc([C@@H](C)N(Cc2ccc(OCCN3C(=O)CCC3=O)c(C)c2)C2CC(C(=O)O)C2)ccc1Cl. The van der Waals surface area contributed by atoms with Crippen molar-refractivity contribution in [3.05, 3.63) is 63.7 Å². The maximum absolute atomic E-state index is 11.8. The first-order valence-electron chi connectivity index (χ1n) is 12.4. The predicted molar refractivity (Wildman–Crippen MR) is 137 cm³/mol. The van der Waals surface area contributed by atoms with Crippen LogP contribution >= 0.6 is 11.6 Å². The average molecular weight is 513 g/mol. The van der Waals surface area contributed by atoms with Gasteiger partial charge in [-0.25, -0.2) is 0 Å². The van der Waals surface area contributed by atoms with Gasteiger partial charge in [0.1, 0.15) is 12.4 Å². The van der Waals surface area contributed by atoms with Crippen molar-refractivity contribution in [2.45, 2.75) is 65.1 Å². The van der Waals surface area contributed by atoms with Crippen molar-refractivity contribution in [2.75, 3.05) is 13.2 Å². The second kappa shape index (κ2) is 11.0. The molecular formula is C28H33ClN2O5. The smallest absolute Gasteiger partial charge is 0.306 e. The number of rotatable bonds is 10. The molecule has 1 saturated heterocycles. The van der Waals surface area contributed by atoms with Crippen molar-refractivity contribution in [1.82, 2.24) is 9.80 Å². The molecule has 2 aliphatic rings. The van der Waals surface area contributed by atoms with Crippen molar-refractivity contribution in [1.29, 1.82) is 0 Å². The molecule has 0 radical (unpaired) electrons. The van der Waals surface area contributed by atoms with E-state index in [2.05, 4.69) is 24.0 Å². The Morgan fingerprint density at radius 3 is 2.42 bits per heavy atom. The van der Waals surface area contributed by atoms with E-state index in [-0.39, 0.29) is 55.8 Å². The summed E-state index contributed by atoms with van der Waals surface area (Å²) in [4.78, 5) is 38.6. The van der Waals surface area contributed by atoms with Crippen LogP contribution in [0.3, 0.4) is 0 Å². The molecule has 2 amide bonds. The van der Waals surface area contributed by atoms with Gasteiger partial charge in [-0.3, -0.25) is 24.2 Å². The van der Waals surface area contributed by atoms with E-state index >= 15 is 0 Å². The highest BCUT2D eigenvalue weighted by molar-refractivity contribution is 6.31. The Kier molecular flexibility index (Phi) is 8.00. The van der Waals surface area contributed by atoms with Gasteiger partial charge < -0.3 is 9.84 Å². The molecule has 1 aliphatic carbocycles. The lowest BCUT2D eigenvalue weighted by Gasteiger charge is -2.44. The molecule has 36 heavy (non-hydrogen) atoms. The van der Waals surface area contributed by atoms with Gasteiger partial charge in [0, 0.05) is 36.5 Å². The lowest BCUT2D eigenvalue weighted by molar-refractivity contribution is -0.147. The van der Waals surface area contributed by atoms with E-state index in [1.165, 1.54) is 4.90 Å². The van der Waals surface area contributed by atoms with Crippen LogP contribution in [-0.4, -0.2) is 51.9 Å². The van der Waals surface area contributed by atoms with Gasteiger partial charge in [-0.2, -0.15) is 0 Å². The van der Waals surface area contributed by atoms with Crippen LogP contribution in [0.25, 0.3) is 0 Å². The van der Waals surface area contributed by atoms with Gasteiger partial charge >= 0.3 is 5.97 Å². The summed E-state index contributed by atoms with van der Waals surface area (Å²) in [6.45, 7) is 7.32. The fourth-order valence-electron chi connectivity index (χ4n) is 5.06. The number of ether oxygens (including phenoxy) is 1. The van der Waals surface area contributed by atoms with Gasteiger partial charge in [0.25, 0.3) is 0 Å². The number of amides is 2. The highest BCUT2D eigenvalue weighted by atomic mass is 35.5. The number of hydrogen-bond acceptors (Lipinski definition) is 5. The van der Waals surface area contributed by atoms with Crippen LogP contribution in [0.15, 0.2) is 36.4 Å². The molecule has 1 N–H and O–H groups in total. The standard InChI is InChI=1S/C28H33ClN2O5/c1-17-13-21(5-6-24(17)29)19(3)31(23-14-22(15-23)28(34)35)16-20-4-7-25(18(2)12-20)36-11-10-30-26(32)8-9-27(30)33/h4-7,12-13,19,22-23H,8-11,14-16H2,1-3H3,(H,34,35)/t19-,22?,23?/m1/s1. The summed E-state index contributed by atoms with van der Waals surface area (Å²) in [6.07, 6.45) is 1.84. The first-order chi connectivity index (χ1) is 17.1. The quantitative estimate of drug-likeness (QED) is 0.455. The molecule has 1 aliphatic heterocycles. The summed E-state index contributed by atoms with van der Waals surface area (Å²) in [7, 11) is 0. The number of aryl methyl sites for hydroxylation is 2. The molecule has 0 bridgehead atoms. The zero-order valence-corrected chi connectivity index (χ0v) is 21.8. The van der Waals surface area contributed by atoms with Gasteiger partial charge in [0.15, 0.2) is 0 Å². The average Bonchev–Trinajstić information content (AvgIpc) is 3.12. The van der Waals surface area contributed by atoms with Crippen LogP contribution < -0.4 is 4.74 Å². The van der Waals surface area contributed by atoms with Crippen molar-refractivity contribution in [3.63, 3.8) is 0 Å². The number of carbonyl (C=O) groups is 3. The molecule has 8 heteroatoms. The van der Waals surface area contributed by atoms with Crippen molar-refractivity contribution >= 4 is 29.4 Å². The Bertz CT molecular complexity index is 1140. The van der Waals surface area contributed by atoms with Crippen LogP contribution in [0.2, 0.25) is 5.02 Å². The van der Waals surface area contributed by atoms with Gasteiger partial charge in [-0.05, 0) is 68.0 Å². The lowest BCUT2D eigenvalue weighted by Crippen LogP contribution is -2.47. The number of carbonyl (C=O) groups excluding carboxylic acids is 2. The van der Waals surface area contributed by atoms with Gasteiger partial charge in [0.05, 0.1) is 12.5 Å².